The molecular weight excluding hydrogens is 381 g/mol. The van der Waals surface area contributed by atoms with E-state index in [-0.39, 0.29) is 23.9 Å². The van der Waals surface area contributed by atoms with Crippen molar-refractivity contribution in [2.75, 3.05) is 7.05 Å². The molecule has 2 aromatic rings. The largest absolute Gasteiger partial charge is 0.337 e. The maximum absolute atomic E-state index is 13.8. The molecule has 0 saturated carbocycles. The van der Waals surface area contributed by atoms with Crippen LogP contribution in [0.2, 0.25) is 0 Å². The Labute approximate surface area is 175 Å². The highest BCUT2D eigenvalue weighted by Crippen LogP contribution is 2.37. The van der Waals surface area contributed by atoms with Crippen LogP contribution in [0.25, 0.3) is 0 Å². The Bertz CT molecular complexity index is 984. The summed E-state index contributed by atoms with van der Waals surface area (Å²) in [6.45, 7) is 0.391. The van der Waals surface area contributed by atoms with Gasteiger partial charge in [-0.3, -0.25) is 9.59 Å². The molecular formula is C24H24FN3O2. The number of nitriles is 1. The topological polar surface area (TPSA) is 64.4 Å². The summed E-state index contributed by atoms with van der Waals surface area (Å²) in [5.74, 6) is -0.198. The van der Waals surface area contributed by atoms with Crippen LogP contribution in [-0.4, -0.2) is 46.9 Å². The van der Waals surface area contributed by atoms with Gasteiger partial charge < -0.3 is 9.80 Å². The number of carbonyl (C=O) groups is 2. The van der Waals surface area contributed by atoms with Gasteiger partial charge in [0.2, 0.25) is 0 Å². The first-order chi connectivity index (χ1) is 14.5. The molecule has 2 saturated heterocycles. The van der Waals surface area contributed by atoms with E-state index >= 15 is 0 Å². The summed E-state index contributed by atoms with van der Waals surface area (Å²) in [7, 11) is 1.71. The first kappa shape index (κ1) is 20.1. The Hall–Kier alpha value is -3.20. The molecule has 0 spiro atoms. The number of rotatable bonds is 4. The van der Waals surface area contributed by atoms with Crippen LogP contribution in [0.5, 0.6) is 0 Å². The summed E-state index contributed by atoms with van der Waals surface area (Å²) in [6.07, 6.45) is 1.86. The molecule has 5 nitrogen and oxygen atoms in total. The molecule has 0 radical (unpaired) electrons. The minimum absolute atomic E-state index is 0.0128. The molecule has 6 heteroatoms. The van der Waals surface area contributed by atoms with Crippen LogP contribution in [-0.2, 0) is 6.54 Å². The number of alkyl halides is 1. The van der Waals surface area contributed by atoms with Gasteiger partial charge in [-0.2, -0.15) is 5.26 Å². The Morgan fingerprint density at radius 3 is 2.40 bits per heavy atom. The minimum atomic E-state index is -0.796. The SMILES string of the molecule is CN(Cc1ccc(C(=O)N2C3CCC2CC(F)C3)cc1)C(=O)c1cccc(C#N)c1. The summed E-state index contributed by atoms with van der Waals surface area (Å²) in [4.78, 5) is 29.1. The van der Waals surface area contributed by atoms with E-state index in [0.717, 1.165) is 18.4 Å². The minimum Gasteiger partial charge on any atom is -0.337 e. The van der Waals surface area contributed by atoms with Crippen LogP contribution in [0.4, 0.5) is 4.39 Å². The van der Waals surface area contributed by atoms with Crippen molar-refractivity contribution in [2.45, 2.75) is 50.5 Å². The Morgan fingerprint density at radius 2 is 1.77 bits per heavy atom. The fourth-order valence-corrected chi connectivity index (χ4v) is 4.63. The number of hydrogen-bond acceptors (Lipinski definition) is 3. The smallest absolute Gasteiger partial charge is 0.254 e. The first-order valence-electron chi connectivity index (χ1n) is 10.3. The molecule has 2 aromatic carbocycles. The van der Waals surface area contributed by atoms with E-state index in [1.165, 1.54) is 0 Å². The Balaban J connectivity index is 1.42. The number of benzene rings is 2. The molecule has 30 heavy (non-hydrogen) atoms. The van der Waals surface area contributed by atoms with Crippen molar-refractivity contribution < 1.29 is 14.0 Å². The van der Waals surface area contributed by atoms with Gasteiger partial charge in [-0.25, -0.2) is 4.39 Å². The van der Waals surface area contributed by atoms with Gasteiger partial charge >= 0.3 is 0 Å². The number of carbonyl (C=O) groups excluding carboxylic acids is 2. The lowest BCUT2D eigenvalue weighted by Crippen LogP contribution is -2.47. The second kappa shape index (κ2) is 8.27. The van der Waals surface area contributed by atoms with Gasteiger partial charge in [-0.15, -0.1) is 0 Å². The molecule has 0 N–H and O–H groups in total. The van der Waals surface area contributed by atoms with E-state index in [4.69, 9.17) is 5.26 Å². The van der Waals surface area contributed by atoms with Gasteiger partial charge in [-0.05, 0) is 61.6 Å². The molecule has 154 valence electrons. The number of halogens is 1. The van der Waals surface area contributed by atoms with Crippen molar-refractivity contribution in [2.24, 2.45) is 0 Å². The highest BCUT2D eigenvalue weighted by molar-refractivity contribution is 5.95. The number of fused-ring (bicyclic) bond motifs is 2. The molecule has 4 rings (SSSR count). The zero-order valence-electron chi connectivity index (χ0n) is 16.9. The number of hydrogen-bond donors (Lipinski definition) is 0. The van der Waals surface area contributed by atoms with Crippen LogP contribution in [0.15, 0.2) is 48.5 Å². The van der Waals surface area contributed by atoms with Crippen LogP contribution < -0.4 is 0 Å². The van der Waals surface area contributed by atoms with E-state index in [2.05, 4.69) is 0 Å². The molecule has 0 aromatic heterocycles. The van der Waals surface area contributed by atoms with Crippen molar-refractivity contribution in [3.8, 4) is 6.07 Å². The molecule has 2 bridgehead atoms. The van der Waals surface area contributed by atoms with E-state index < -0.39 is 6.17 Å². The summed E-state index contributed by atoms with van der Waals surface area (Å²) < 4.78 is 13.8. The van der Waals surface area contributed by atoms with Crippen molar-refractivity contribution in [1.29, 1.82) is 5.26 Å². The predicted octanol–water partition coefficient (Wildman–Crippen LogP) is 3.94. The fraction of sp³-hybridized carbons (Fsp3) is 0.375. The van der Waals surface area contributed by atoms with Crippen molar-refractivity contribution in [3.05, 3.63) is 70.8 Å². The molecule has 0 aliphatic carbocycles. The number of piperidine rings is 1. The van der Waals surface area contributed by atoms with Crippen molar-refractivity contribution >= 4 is 11.8 Å². The second-order valence-electron chi connectivity index (χ2n) is 8.22. The molecule has 2 atom stereocenters. The van der Waals surface area contributed by atoms with E-state index in [0.29, 0.717) is 36.1 Å². The third-order valence-electron chi connectivity index (χ3n) is 6.12. The Morgan fingerprint density at radius 1 is 1.10 bits per heavy atom. The quantitative estimate of drug-likeness (QED) is 0.774. The number of nitrogens with zero attached hydrogens (tertiary/aromatic N) is 3. The lowest BCUT2D eigenvalue weighted by atomic mass is 9.99. The molecule has 2 aliphatic heterocycles. The molecule has 2 unspecified atom stereocenters. The average Bonchev–Trinajstić information content (AvgIpc) is 3.04. The second-order valence-corrected chi connectivity index (χ2v) is 8.22. The lowest BCUT2D eigenvalue weighted by molar-refractivity contribution is 0.0478. The van der Waals surface area contributed by atoms with Crippen LogP contribution in [0, 0.1) is 11.3 Å². The van der Waals surface area contributed by atoms with Crippen LogP contribution in [0.3, 0.4) is 0 Å². The lowest BCUT2D eigenvalue weighted by Gasteiger charge is -2.36. The third-order valence-corrected chi connectivity index (χ3v) is 6.12. The summed E-state index contributed by atoms with van der Waals surface area (Å²) in [5, 5.41) is 9.01. The van der Waals surface area contributed by atoms with Gasteiger partial charge in [0.05, 0.1) is 11.6 Å². The average molecular weight is 405 g/mol. The maximum atomic E-state index is 13.8. The molecule has 2 fully saturated rings. The molecule has 2 heterocycles. The summed E-state index contributed by atoms with van der Waals surface area (Å²) >= 11 is 0. The van der Waals surface area contributed by atoms with Gasteiger partial charge in [0.25, 0.3) is 11.8 Å². The molecule has 2 amide bonds. The highest BCUT2D eigenvalue weighted by atomic mass is 19.1. The van der Waals surface area contributed by atoms with Crippen molar-refractivity contribution in [1.82, 2.24) is 9.80 Å². The third kappa shape index (κ3) is 3.93. The predicted molar refractivity (Wildman–Crippen MR) is 111 cm³/mol. The van der Waals surface area contributed by atoms with Crippen molar-refractivity contribution in [3.63, 3.8) is 0 Å². The standard InChI is InChI=1S/C24H24FN3O2/c1-27(23(29)19-4-2-3-17(11-19)14-26)15-16-5-7-18(8-6-16)24(30)28-21-9-10-22(28)13-20(25)12-21/h2-8,11,20-22H,9-10,12-13,15H2,1H3. The van der Waals surface area contributed by atoms with E-state index in [9.17, 15) is 14.0 Å². The molecule has 2 aliphatic rings. The zero-order valence-corrected chi connectivity index (χ0v) is 16.9. The van der Waals surface area contributed by atoms with E-state index in [1.807, 2.05) is 23.1 Å². The number of amides is 2. The van der Waals surface area contributed by atoms with Gasteiger partial charge in [0.1, 0.15) is 6.17 Å². The van der Waals surface area contributed by atoms with Gasteiger partial charge in [0, 0.05) is 36.8 Å². The fourth-order valence-electron chi connectivity index (χ4n) is 4.63. The highest BCUT2D eigenvalue weighted by Gasteiger charge is 2.43. The zero-order chi connectivity index (χ0) is 21.3. The maximum Gasteiger partial charge on any atom is 0.254 e. The van der Waals surface area contributed by atoms with Crippen LogP contribution in [0.1, 0.15) is 57.5 Å². The first-order valence-corrected chi connectivity index (χ1v) is 10.3. The van der Waals surface area contributed by atoms with Gasteiger partial charge in [0.15, 0.2) is 0 Å². The monoisotopic (exact) mass is 405 g/mol. The van der Waals surface area contributed by atoms with Crippen LogP contribution >= 0.6 is 0 Å². The van der Waals surface area contributed by atoms with Gasteiger partial charge in [-0.1, -0.05) is 18.2 Å². The summed E-state index contributed by atoms with van der Waals surface area (Å²) in [5.41, 5.74) is 2.42. The normalized spacial score (nSPS) is 22.4. The summed E-state index contributed by atoms with van der Waals surface area (Å²) in [6, 6.07) is 16.0. The Kier molecular flexibility index (Phi) is 5.54. The van der Waals surface area contributed by atoms with E-state index in [1.54, 1.807) is 48.3 Å².